The molecule has 1 aliphatic carbocycles. The number of benzene rings is 1. The van der Waals surface area contributed by atoms with Gasteiger partial charge in [-0.25, -0.2) is 4.98 Å². The highest BCUT2D eigenvalue weighted by Crippen LogP contribution is 2.39. The number of carbonyl (C=O) groups excluding carboxylic acids is 1. The topological polar surface area (TPSA) is 99.8 Å². The molecule has 3 aromatic heterocycles. The molecule has 4 heterocycles. The number of hydrogen-bond donors (Lipinski definition) is 2. The van der Waals surface area contributed by atoms with Crippen LogP contribution < -0.4 is 0 Å². The average molecular weight is 431 g/mol. The molecule has 0 radical (unpaired) electrons. The van der Waals surface area contributed by atoms with Gasteiger partial charge in [0.05, 0.1) is 35.6 Å². The summed E-state index contributed by atoms with van der Waals surface area (Å²) in [4.78, 5) is 20.4. The Kier molecular flexibility index (Phi) is 4.50. The fourth-order valence-electron chi connectivity index (χ4n) is 5.25. The number of amides is 1. The van der Waals surface area contributed by atoms with Crippen LogP contribution in [0.25, 0.3) is 33.1 Å². The first-order valence-electron chi connectivity index (χ1n) is 11.4. The van der Waals surface area contributed by atoms with E-state index in [1.165, 1.54) is 11.1 Å². The summed E-state index contributed by atoms with van der Waals surface area (Å²) in [6.07, 6.45) is 6.13. The van der Waals surface area contributed by atoms with Crippen molar-refractivity contribution in [1.82, 2.24) is 30.3 Å². The lowest BCUT2D eigenvalue weighted by molar-refractivity contribution is -0.0125. The number of ether oxygens (including phenoxy) is 1. The van der Waals surface area contributed by atoms with Crippen molar-refractivity contribution in [3.8, 4) is 11.3 Å². The molecule has 0 spiro atoms. The minimum absolute atomic E-state index is 0.0323. The molecule has 32 heavy (non-hydrogen) atoms. The molecule has 1 aliphatic heterocycles. The number of morpholine rings is 1. The maximum absolute atomic E-state index is 13.5. The van der Waals surface area contributed by atoms with Gasteiger partial charge in [0.1, 0.15) is 0 Å². The third-order valence-electron chi connectivity index (χ3n) is 6.81. The molecule has 2 N–H and O–H groups in total. The third kappa shape index (κ3) is 2.93. The van der Waals surface area contributed by atoms with Gasteiger partial charge in [0.2, 0.25) is 0 Å². The van der Waals surface area contributed by atoms with E-state index in [2.05, 4.69) is 20.4 Å². The van der Waals surface area contributed by atoms with Crippen LogP contribution in [0.5, 0.6) is 0 Å². The van der Waals surface area contributed by atoms with Crippen molar-refractivity contribution in [2.75, 3.05) is 19.7 Å². The minimum atomic E-state index is -0.0433. The Hall–Kier alpha value is -3.26. The van der Waals surface area contributed by atoms with Gasteiger partial charge in [0.25, 0.3) is 5.91 Å². The number of nitrogens with zero attached hydrogens (tertiary/aromatic N) is 4. The summed E-state index contributed by atoms with van der Waals surface area (Å²) in [5.41, 5.74) is 7.93. The number of fused-ring (bicyclic) bond motifs is 5. The van der Waals surface area contributed by atoms with Crippen molar-refractivity contribution in [3.63, 3.8) is 0 Å². The zero-order chi connectivity index (χ0) is 21.8. The number of nitrogens with one attached hydrogen (secondary N) is 2. The summed E-state index contributed by atoms with van der Waals surface area (Å²) in [7, 11) is 0. The van der Waals surface area contributed by atoms with E-state index in [0.717, 1.165) is 64.4 Å². The van der Waals surface area contributed by atoms with Crippen LogP contribution in [0.15, 0.2) is 18.3 Å². The normalized spacial score (nSPS) is 18.9. The van der Waals surface area contributed by atoms with Crippen LogP contribution in [0.3, 0.4) is 0 Å². The van der Waals surface area contributed by atoms with Crippen LogP contribution in [0.4, 0.5) is 0 Å². The molecule has 1 fully saturated rings. The van der Waals surface area contributed by atoms with Crippen molar-refractivity contribution in [3.05, 3.63) is 40.8 Å². The Morgan fingerprint density at radius 1 is 1.16 bits per heavy atom. The van der Waals surface area contributed by atoms with Gasteiger partial charge < -0.3 is 9.64 Å². The number of pyridine rings is 1. The summed E-state index contributed by atoms with van der Waals surface area (Å²) < 4.78 is 5.63. The van der Waals surface area contributed by atoms with E-state index in [1.807, 2.05) is 37.1 Å². The fraction of sp³-hybridized carbons (Fsp3) is 0.417. The Balaban J connectivity index is 1.60. The van der Waals surface area contributed by atoms with E-state index in [1.54, 1.807) is 0 Å². The molecule has 2 aliphatic rings. The molecule has 6 rings (SSSR count). The van der Waals surface area contributed by atoms with Gasteiger partial charge in [0, 0.05) is 35.1 Å². The van der Waals surface area contributed by atoms with Crippen LogP contribution >= 0.6 is 0 Å². The molecule has 164 valence electrons. The summed E-state index contributed by atoms with van der Waals surface area (Å²) >= 11 is 0. The highest BCUT2D eigenvalue weighted by molar-refractivity contribution is 6.17. The Morgan fingerprint density at radius 3 is 2.78 bits per heavy atom. The molecular weight excluding hydrogens is 404 g/mol. The van der Waals surface area contributed by atoms with Gasteiger partial charge in [-0.2, -0.15) is 10.2 Å². The maximum atomic E-state index is 13.5. The standard InChI is InChI=1S/C24H26N6O2/c1-13-12-30(9-10-32-13)24(31)23-21-19(28-29-23)8-7-18-20(21)15-5-3-4-6-16(15)22(26-18)17-11-25-27-14(17)2/h7-8,11,13H,3-6,9-10,12H2,1-2H3,(H,25,27)(H,28,29)/t13-/m1/s1. The quantitative estimate of drug-likeness (QED) is 0.507. The fourth-order valence-corrected chi connectivity index (χ4v) is 5.25. The van der Waals surface area contributed by atoms with Crippen LogP contribution in [-0.2, 0) is 17.6 Å². The lowest BCUT2D eigenvalue weighted by Crippen LogP contribution is -2.44. The molecule has 1 atom stereocenters. The van der Waals surface area contributed by atoms with Crippen molar-refractivity contribution in [2.45, 2.75) is 45.6 Å². The first-order valence-corrected chi connectivity index (χ1v) is 11.4. The van der Waals surface area contributed by atoms with Crippen molar-refractivity contribution >= 4 is 27.7 Å². The monoisotopic (exact) mass is 430 g/mol. The predicted molar refractivity (Wildman–Crippen MR) is 122 cm³/mol. The highest BCUT2D eigenvalue weighted by Gasteiger charge is 2.29. The lowest BCUT2D eigenvalue weighted by atomic mass is 9.85. The third-order valence-corrected chi connectivity index (χ3v) is 6.81. The van der Waals surface area contributed by atoms with E-state index in [4.69, 9.17) is 9.72 Å². The molecule has 1 amide bonds. The first kappa shape index (κ1) is 19.4. The van der Waals surface area contributed by atoms with E-state index in [9.17, 15) is 4.79 Å². The molecule has 8 heteroatoms. The van der Waals surface area contributed by atoms with E-state index < -0.39 is 0 Å². The lowest BCUT2D eigenvalue weighted by Gasteiger charge is -2.30. The second kappa shape index (κ2) is 7.41. The molecule has 0 unspecified atom stereocenters. The summed E-state index contributed by atoms with van der Waals surface area (Å²) in [5, 5.41) is 16.8. The highest BCUT2D eigenvalue weighted by atomic mass is 16.5. The van der Waals surface area contributed by atoms with Crippen molar-refractivity contribution in [1.29, 1.82) is 0 Å². The number of aromatic amines is 2. The maximum Gasteiger partial charge on any atom is 0.275 e. The Labute approximate surface area is 185 Å². The Morgan fingerprint density at radius 2 is 2.00 bits per heavy atom. The van der Waals surface area contributed by atoms with Gasteiger partial charge in [-0.3, -0.25) is 15.0 Å². The number of aromatic nitrogens is 5. The molecule has 8 nitrogen and oxygen atoms in total. The van der Waals surface area contributed by atoms with E-state index in [0.29, 0.717) is 25.4 Å². The predicted octanol–water partition coefficient (Wildman–Crippen LogP) is 3.55. The van der Waals surface area contributed by atoms with Gasteiger partial charge in [-0.1, -0.05) is 0 Å². The first-order chi connectivity index (χ1) is 15.6. The second-order valence-electron chi connectivity index (χ2n) is 8.92. The van der Waals surface area contributed by atoms with Crippen LogP contribution in [0.2, 0.25) is 0 Å². The van der Waals surface area contributed by atoms with E-state index >= 15 is 0 Å². The molecule has 1 saturated heterocycles. The molecular formula is C24H26N6O2. The van der Waals surface area contributed by atoms with Gasteiger partial charge in [0.15, 0.2) is 5.69 Å². The van der Waals surface area contributed by atoms with E-state index in [-0.39, 0.29) is 12.0 Å². The Bertz CT molecular complexity index is 1350. The van der Waals surface area contributed by atoms with Gasteiger partial charge in [-0.05, 0) is 62.8 Å². The number of H-pyrrole nitrogens is 2. The van der Waals surface area contributed by atoms with Crippen molar-refractivity contribution in [2.24, 2.45) is 0 Å². The largest absolute Gasteiger partial charge is 0.375 e. The van der Waals surface area contributed by atoms with Gasteiger partial charge >= 0.3 is 0 Å². The summed E-state index contributed by atoms with van der Waals surface area (Å²) in [5.74, 6) is -0.0433. The minimum Gasteiger partial charge on any atom is -0.375 e. The molecule has 4 aromatic rings. The number of carbonyl (C=O) groups is 1. The molecule has 0 saturated carbocycles. The zero-order valence-electron chi connectivity index (χ0n) is 18.4. The van der Waals surface area contributed by atoms with Crippen molar-refractivity contribution < 1.29 is 9.53 Å². The number of hydrogen-bond acceptors (Lipinski definition) is 5. The summed E-state index contributed by atoms with van der Waals surface area (Å²) in [6, 6.07) is 4.02. The smallest absolute Gasteiger partial charge is 0.275 e. The second-order valence-corrected chi connectivity index (χ2v) is 8.92. The molecule has 0 bridgehead atoms. The number of aryl methyl sites for hydroxylation is 2. The SMILES string of the molecule is Cc1[nH]ncc1-c1nc2ccc3[nH]nc(C(=O)N4CCO[C@H](C)C4)c3c2c2c1CCCC2. The summed E-state index contributed by atoms with van der Waals surface area (Å²) in [6.45, 7) is 5.75. The van der Waals surface area contributed by atoms with Crippen LogP contribution in [0.1, 0.15) is 47.1 Å². The van der Waals surface area contributed by atoms with Crippen LogP contribution in [0, 0.1) is 6.92 Å². The zero-order valence-corrected chi connectivity index (χ0v) is 18.4. The average Bonchev–Trinajstić information content (AvgIpc) is 3.44. The number of rotatable bonds is 2. The molecule has 1 aromatic carbocycles. The van der Waals surface area contributed by atoms with Crippen LogP contribution in [-0.4, -0.2) is 62.0 Å². The van der Waals surface area contributed by atoms with Gasteiger partial charge in [-0.15, -0.1) is 0 Å².